The molecular weight excluding hydrogens is 356 g/mol. The van der Waals surface area contributed by atoms with E-state index in [4.69, 9.17) is 21.4 Å². The molecule has 3 nitrogen and oxygen atoms in total. The second-order valence-corrected chi connectivity index (χ2v) is 5.52. The Kier molecular flexibility index (Phi) is 5.42. The number of carboxylic acids is 1. The molecule has 0 saturated carbocycles. The van der Waals surface area contributed by atoms with Crippen LogP contribution in [0.25, 0.3) is 6.08 Å². The van der Waals surface area contributed by atoms with Gasteiger partial charge in [0.1, 0.15) is 6.61 Å². The molecule has 108 valence electrons. The molecule has 0 saturated heterocycles. The molecule has 2 aromatic carbocycles. The molecule has 21 heavy (non-hydrogen) atoms. The minimum atomic E-state index is -1.01. The van der Waals surface area contributed by atoms with Crippen LogP contribution in [0, 0.1) is 0 Å². The number of carbonyl (C=O) groups is 1. The third-order valence-corrected chi connectivity index (χ3v) is 3.53. The van der Waals surface area contributed by atoms with Gasteiger partial charge in [-0.15, -0.1) is 0 Å². The van der Waals surface area contributed by atoms with Gasteiger partial charge in [-0.1, -0.05) is 41.9 Å². The van der Waals surface area contributed by atoms with Crippen LogP contribution in [0.1, 0.15) is 11.1 Å². The number of rotatable bonds is 5. The number of hydrogen-bond acceptors (Lipinski definition) is 2. The number of carboxylic acid groups (broad SMARTS) is 1. The summed E-state index contributed by atoms with van der Waals surface area (Å²) in [5.41, 5.74) is 1.72. The summed E-state index contributed by atoms with van der Waals surface area (Å²) < 4.78 is 6.39. The van der Waals surface area contributed by atoms with Gasteiger partial charge in [-0.05, 0) is 45.3 Å². The SMILES string of the molecule is O=C(O)/C=C/c1cc(Cl)c(OCc2ccccc2)c(Br)c1. The Balaban J connectivity index is 2.15. The quantitative estimate of drug-likeness (QED) is 0.774. The Hall–Kier alpha value is -1.78. The second-order valence-electron chi connectivity index (χ2n) is 4.26. The van der Waals surface area contributed by atoms with Crippen LogP contribution < -0.4 is 4.74 Å². The molecule has 0 aromatic heterocycles. The molecule has 0 atom stereocenters. The first kappa shape index (κ1) is 15.6. The average molecular weight is 368 g/mol. The number of halogens is 2. The molecule has 2 aromatic rings. The van der Waals surface area contributed by atoms with Crippen molar-refractivity contribution in [3.8, 4) is 5.75 Å². The standard InChI is InChI=1S/C16H12BrClO3/c17-13-8-12(6-7-15(19)20)9-14(18)16(13)21-10-11-4-2-1-3-5-11/h1-9H,10H2,(H,19,20)/b7-6+. The number of ether oxygens (including phenoxy) is 1. The summed E-state index contributed by atoms with van der Waals surface area (Å²) in [4.78, 5) is 10.5. The Morgan fingerprint density at radius 2 is 2.00 bits per heavy atom. The maximum absolute atomic E-state index is 10.5. The Morgan fingerprint density at radius 3 is 2.62 bits per heavy atom. The molecule has 0 aliphatic rings. The van der Waals surface area contributed by atoms with E-state index in [0.717, 1.165) is 11.6 Å². The first-order valence-electron chi connectivity index (χ1n) is 6.13. The predicted octanol–water partition coefficient (Wildman–Crippen LogP) is 4.78. The Labute approximate surface area is 135 Å². The topological polar surface area (TPSA) is 46.5 Å². The van der Waals surface area contributed by atoms with E-state index < -0.39 is 5.97 Å². The van der Waals surface area contributed by atoms with E-state index in [0.29, 0.717) is 27.4 Å². The van der Waals surface area contributed by atoms with Gasteiger partial charge in [0.2, 0.25) is 0 Å². The van der Waals surface area contributed by atoms with Gasteiger partial charge in [0, 0.05) is 6.08 Å². The van der Waals surface area contributed by atoms with Crippen LogP contribution in [0.15, 0.2) is 53.0 Å². The van der Waals surface area contributed by atoms with Crippen LogP contribution in [0.5, 0.6) is 5.75 Å². The Morgan fingerprint density at radius 1 is 1.29 bits per heavy atom. The predicted molar refractivity (Wildman–Crippen MR) is 86.6 cm³/mol. The average Bonchev–Trinajstić information content (AvgIpc) is 2.45. The largest absolute Gasteiger partial charge is 0.486 e. The number of benzene rings is 2. The Bertz CT molecular complexity index is 645. The highest BCUT2D eigenvalue weighted by atomic mass is 79.9. The van der Waals surface area contributed by atoms with Crippen molar-refractivity contribution in [1.82, 2.24) is 0 Å². The maximum atomic E-state index is 10.5. The smallest absolute Gasteiger partial charge is 0.328 e. The van der Waals surface area contributed by atoms with Gasteiger partial charge < -0.3 is 9.84 Å². The van der Waals surface area contributed by atoms with Crippen molar-refractivity contribution < 1.29 is 14.6 Å². The van der Waals surface area contributed by atoms with Crippen molar-refractivity contribution in [3.63, 3.8) is 0 Å². The first-order valence-corrected chi connectivity index (χ1v) is 7.30. The normalized spacial score (nSPS) is 10.8. The highest BCUT2D eigenvalue weighted by Crippen LogP contribution is 2.35. The molecule has 0 spiro atoms. The zero-order valence-corrected chi connectivity index (χ0v) is 13.3. The first-order chi connectivity index (χ1) is 10.1. The monoisotopic (exact) mass is 366 g/mol. The molecule has 0 aliphatic carbocycles. The molecule has 1 N–H and O–H groups in total. The van der Waals surface area contributed by atoms with E-state index >= 15 is 0 Å². The summed E-state index contributed by atoms with van der Waals surface area (Å²) in [6.07, 6.45) is 2.53. The molecule has 0 unspecified atom stereocenters. The fourth-order valence-corrected chi connectivity index (χ4v) is 2.70. The van der Waals surface area contributed by atoms with Crippen LogP contribution in [-0.2, 0) is 11.4 Å². The lowest BCUT2D eigenvalue weighted by Gasteiger charge is -2.11. The lowest BCUT2D eigenvalue weighted by molar-refractivity contribution is -0.131. The number of aliphatic carboxylic acids is 1. The van der Waals surface area contributed by atoms with Gasteiger partial charge in [0.25, 0.3) is 0 Å². The summed E-state index contributed by atoms with van der Waals surface area (Å²) in [6.45, 7) is 0.406. The van der Waals surface area contributed by atoms with E-state index in [1.807, 2.05) is 30.3 Å². The van der Waals surface area contributed by atoms with Crippen molar-refractivity contribution in [2.75, 3.05) is 0 Å². The lowest BCUT2D eigenvalue weighted by Crippen LogP contribution is -1.97. The minimum Gasteiger partial charge on any atom is -0.486 e. The molecule has 0 radical (unpaired) electrons. The summed E-state index contributed by atoms with van der Waals surface area (Å²) in [6, 6.07) is 13.2. The van der Waals surface area contributed by atoms with Gasteiger partial charge in [-0.25, -0.2) is 4.79 Å². The fraction of sp³-hybridized carbons (Fsp3) is 0.0625. The van der Waals surface area contributed by atoms with E-state index in [1.54, 1.807) is 12.1 Å². The van der Waals surface area contributed by atoms with Crippen LogP contribution in [-0.4, -0.2) is 11.1 Å². The van der Waals surface area contributed by atoms with E-state index in [2.05, 4.69) is 15.9 Å². The van der Waals surface area contributed by atoms with Gasteiger partial charge in [0.15, 0.2) is 5.75 Å². The molecule has 0 fully saturated rings. The molecule has 0 amide bonds. The fourth-order valence-electron chi connectivity index (χ4n) is 1.71. The second kappa shape index (κ2) is 7.29. The summed E-state index contributed by atoms with van der Waals surface area (Å²) in [5.74, 6) is -0.473. The van der Waals surface area contributed by atoms with Crippen LogP contribution in [0.2, 0.25) is 5.02 Å². The number of hydrogen-bond donors (Lipinski definition) is 1. The van der Waals surface area contributed by atoms with Gasteiger partial charge in [-0.3, -0.25) is 0 Å². The van der Waals surface area contributed by atoms with Crippen LogP contribution in [0.3, 0.4) is 0 Å². The third kappa shape index (κ3) is 4.62. The summed E-state index contributed by atoms with van der Waals surface area (Å²) in [5, 5.41) is 9.04. The van der Waals surface area contributed by atoms with E-state index in [-0.39, 0.29) is 0 Å². The van der Waals surface area contributed by atoms with Crippen molar-refractivity contribution in [3.05, 3.63) is 69.2 Å². The molecular formula is C16H12BrClO3. The van der Waals surface area contributed by atoms with Crippen molar-refractivity contribution >= 4 is 39.6 Å². The zero-order valence-electron chi connectivity index (χ0n) is 10.9. The highest BCUT2D eigenvalue weighted by Gasteiger charge is 2.09. The van der Waals surface area contributed by atoms with Crippen molar-refractivity contribution in [1.29, 1.82) is 0 Å². The zero-order chi connectivity index (χ0) is 15.2. The molecule has 5 heteroatoms. The third-order valence-electron chi connectivity index (χ3n) is 2.66. The van der Waals surface area contributed by atoms with Crippen LogP contribution in [0.4, 0.5) is 0 Å². The molecule has 0 aliphatic heterocycles. The summed E-state index contributed by atoms with van der Waals surface area (Å²) >= 11 is 9.57. The molecule has 0 bridgehead atoms. The summed E-state index contributed by atoms with van der Waals surface area (Å²) in [7, 11) is 0. The van der Waals surface area contributed by atoms with Crippen LogP contribution >= 0.6 is 27.5 Å². The van der Waals surface area contributed by atoms with E-state index in [9.17, 15) is 4.79 Å². The van der Waals surface area contributed by atoms with E-state index in [1.165, 1.54) is 6.08 Å². The van der Waals surface area contributed by atoms with Gasteiger partial charge >= 0.3 is 5.97 Å². The molecule has 2 rings (SSSR count). The highest BCUT2D eigenvalue weighted by molar-refractivity contribution is 9.10. The molecule has 0 heterocycles. The van der Waals surface area contributed by atoms with Crippen molar-refractivity contribution in [2.24, 2.45) is 0 Å². The van der Waals surface area contributed by atoms with Crippen molar-refractivity contribution in [2.45, 2.75) is 6.61 Å². The maximum Gasteiger partial charge on any atom is 0.328 e. The van der Waals surface area contributed by atoms with Gasteiger partial charge in [-0.2, -0.15) is 0 Å². The van der Waals surface area contributed by atoms with Gasteiger partial charge in [0.05, 0.1) is 9.50 Å². The minimum absolute atomic E-state index is 0.406. The lowest BCUT2D eigenvalue weighted by atomic mass is 10.2.